The number of anilines is 1. The van der Waals surface area contributed by atoms with Crippen molar-refractivity contribution in [1.82, 2.24) is 0 Å². The Morgan fingerprint density at radius 2 is 1.81 bits per heavy atom. The zero-order chi connectivity index (χ0) is 18.1. The quantitative estimate of drug-likeness (QED) is 0.625. The lowest BCUT2D eigenvalue weighted by Crippen LogP contribution is -2.43. The molecule has 2 heterocycles. The molecule has 0 aliphatic carbocycles. The van der Waals surface area contributed by atoms with Crippen LogP contribution in [0.1, 0.15) is 29.3 Å². The van der Waals surface area contributed by atoms with E-state index in [1.807, 2.05) is 73.7 Å². The summed E-state index contributed by atoms with van der Waals surface area (Å²) in [6.45, 7) is 2.16. The van der Waals surface area contributed by atoms with Crippen molar-refractivity contribution in [3.63, 3.8) is 0 Å². The molecule has 0 amide bonds. The second-order valence-electron chi connectivity index (χ2n) is 6.66. The Labute approximate surface area is 153 Å². The highest BCUT2D eigenvalue weighted by Crippen LogP contribution is 2.42. The van der Waals surface area contributed by atoms with Crippen molar-refractivity contribution in [2.75, 3.05) is 11.5 Å². The molecule has 26 heavy (non-hydrogen) atoms. The zero-order valence-electron chi connectivity index (χ0n) is 14.7. The molecule has 2 aliphatic heterocycles. The molecule has 4 rings (SSSR count). The normalized spacial score (nSPS) is 23.3. The molecule has 0 saturated carbocycles. The maximum Gasteiger partial charge on any atom is 0.311 e. The lowest BCUT2D eigenvalue weighted by Gasteiger charge is -2.35. The maximum absolute atomic E-state index is 13.2. The van der Waals surface area contributed by atoms with E-state index in [-0.39, 0.29) is 29.8 Å². The number of ketones is 1. The minimum Gasteiger partial charge on any atom is -0.466 e. The average Bonchev–Trinajstić information content (AvgIpc) is 3.08. The van der Waals surface area contributed by atoms with Gasteiger partial charge in [0.1, 0.15) is 0 Å². The van der Waals surface area contributed by atoms with E-state index < -0.39 is 0 Å². The number of fused-ring (bicyclic) bond motifs is 3. The number of nitrogens with zero attached hydrogens (tertiary/aromatic N) is 1. The van der Waals surface area contributed by atoms with Gasteiger partial charge in [-0.15, -0.1) is 0 Å². The Morgan fingerprint density at radius 3 is 2.58 bits per heavy atom. The molecule has 0 bridgehead atoms. The van der Waals surface area contributed by atoms with Crippen molar-refractivity contribution in [2.45, 2.75) is 25.4 Å². The minimum absolute atomic E-state index is 0.0486. The van der Waals surface area contributed by atoms with E-state index in [1.54, 1.807) is 0 Å². The summed E-state index contributed by atoms with van der Waals surface area (Å²) in [6, 6.07) is 16.8. The molecule has 0 spiro atoms. The smallest absolute Gasteiger partial charge is 0.311 e. The van der Waals surface area contributed by atoms with Gasteiger partial charge in [-0.2, -0.15) is 0 Å². The molecule has 1 saturated heterocycles. The van der Waals surface area contributed by atoms with Crippen molar-refractivity contribution < 1.29 is 14.3 Å². The van der Waals surface area contributed by atoms with Crippen LogP contribution in [0.5, 0.6) is 0 Å². The van der Waals surface area contributed by atoms with E-state index >= 15 is 0 Å². The van der Waals surface area contributed by atoms with Crippen molar-refractivity contribution in [3.05, 3.63) is 71.8 Å². The lowest BCUT2D eigenvalue weighted by molar-refractivity contribution is -0.147. The van der Waals surface area contributed by atoms with Gasteiger partial charge in [-0.3, -0.25) is 9.59 Å². The summed E-state index contributed by atoms with van der Waals surface area (Å²) in [6.07, 6.45) is 4.54. The zero-order valence-corrected chi connectivity index (χ0v) is 14.7. The number of hydrogen-bond acceptors (Lipinski definition) is 4. The molecule has 0 N–H and O–H groups in total. The fourth-order valence-electron chi connectivity index (χ4n) is 4.03. The predicted molar refractivity (Wildman–Crippen MR) is 101 cm³/mol. The molecule has 0 radical (unpaired) electrons. The van der Waals surface area contributed by atoms with Gasteiger partial charge in [0.15, 0.2) is 5.78 Å². The number of rotatable bonds is 4. The summed E-state index contributed by atoms with van der Waals surface area (Å²) in [7, 11) is 0. The summed E-state index contributed by atoms with van der Waals surface area (Å²) in [5.41, 5.74) is 2.74. The first-order valence-corrected chi connectivity index (χ1v) is 9.02. The van der Waals surface area contributed by atoms with Crippen LogP contribution >= 0.6 is 0 Å². The fourth-order valence-corrected chi connectivity index (χ4v) is 4.03. The van der Waals surface area contributed by atoms with Crippen LogP contribution in [-0.4, -0.2) is 30.4 Å². The summed E-state index contributed by atoms with van der Waals surface area (Å²) >= 11 is 0. The van der Waals surface area contributed by atoms with E-state index in [0.29, 0.717) is 18.6 Å². The monoisotopic (exact) mass is 347 g/mol. The third-order valence-electron chi connectivity index (χ3n) is 5.18. The van der Waals surface area contributed by atoms with E-state index in [4.69, 9.17) is 4.74 Å². The van der Waals surface area contributed by atoms with Gasteiger partial charge in [0, 0.05) is 11.3 Å². The number of carbonyl (C=O) groups excluding carboxylic acids is 2. The third kappa shape index (κ3) is 2.71. The molecule has 132 valence electrons. The lowest BCUT2D eigenvalue weighted by atomic mass is 9.95. The van der Waals surface area contributed by atoms with Gasteiger partial charge < -0.3 is 9.64 Å². The molecule has 4 heteroatoms. The second-order valence-corrected chi connectivity index (χ2v) is 6.66. The van der Waals surface area contributed by atoms with Crippen LogP contribution in [0.25, 0.3) is 6.08 Å². The number of para-hydroxylation sites is 1. The van der Waals surface area contributed by atoms with Crippen LogP contribution in [0.4, 0.5) is 5.69 Å². The molecule has 2 aliphatic rings. The Bertz CT molecular complexity index is 859. The SMILES string of the molecule is CCOC(=O)C1CC(C(=O)c2ccccc2)N2c3ccccc3C=CC12. The molecule has 1 fully saturated rings. The summed E-state index contributed by atoms with van der Waals surface area (Å²) in [5, 5.41) is 0. The Hall–Kier alpha value is -2.88. The molecule has 0 aromatic heterocycles. The van der Waals surface area contributed by atoms with E-state index in [9.17, 15) is 9.59 Å². The van der Waals surface area contributed by atoms with Gasteiger partial charge in [0.2, 0.25) is 0 Å². The van der Waals surface area contributed by atoms with Gasteiger partial charge in [0.05, 0.1) is 24.6 Å². The van der Waals surface area contributed by atoms with Crippen molar-refractivity contribution in [2.24, 2.45) is 5.92 Å². The Kier molecular flexibility index (Phi) is 4.33. The van der Waals surface area contributed by atoms with Gasteiger partial charge in [-0.1, -0.05) is 60.7 Å². The molecule has 4 nitrogen and oxygen atoms in total. The second kappa shape index (κ2) is 6.79. The number of ether oxygens (including phenoxy) is 1. The Morgan fingerprint density at radius 1 is 1.08 bits per heavy atom. The van der Waals surface area contributed by atoms with E-state index in [2.05, 4.69) is 4.90 Å². The fraction of sp³-hybridized carbons (Fsp3) is 0.273. The average molecular weight is 347 g/mol. The summed E-state index contributed by atoms with van der Waals surface area (Å²) in [4.78, 5) is 27.8. The van der Waals surface area contributed by atoms with Crippen LogP contribution in [0, 0.1) is 5.92 Å². The number of hydrogen-bond donors (Lipinski definition) is 0. The van der Waals surface area contributed by atoms with Crippen LogP contribution in [-0.2, 0) is 9.53 Å². The van der Waals surface area contributed by atoms with E-state index in [0.717, 1.165) is 11.3 Å². The highest BCUT2D eigenvalue weighted by molar-refractivity contribution is 6.03. The number of benzene rings is 2. The molecule has 3 atom stereocenters. The number of carbonyl (C=O) groups is 2. The van der Waals surface area contributed by atoms with Crippen LogP contribution < -0.4 is 4.90 Å². The van der Waals surface area contributed by atoms with Crippen LogP contribution in [0.3, 0.4) is 0 Å². The van der Waals surface area contributed by atoms with Crippen molar-refractivity contribution in [1.29, 1.82) is 0 Å². The number of Topliss-reactive ketones (excluding diaryl/α,β-unsaturated/α-hetero) is 1. The third-order valence-corrected chi connectivity index (χ3v) is 5.18. The molecule has 3 unspecified atom stereocenters. The van der Waals surface area contributed by atoms with Crippen molar-refractivity contribution >= 4 is 23.5 Å². The molecule has 2 aromatic rings. The predicted octanol–water partition coefficient (Wildman–Crippen LogP) is 3.72. The number of esters is 1. The van der Waals surface area contributed by atoms with Crippen LogP contribution in [0.15, 0.2) is 60.7 Å². The van der Waals surface area contributed by atoms with E-state index in [1.165, 1.54) is 0 Å². The highest BCUT2D eigenvalue weighted by Gasteiger charge is 2.48. The summed E-state index contributed by atoms with van der Waals surface area (Å²) in [5.74, 6) is -0.514. The molecule has 2 aromatic carbocycles. The van der Waals surface area contributed by atoms with Gasteiger partial charge in [-0.05, 0) is 25.0 Å². The van der Waals surface area contributed by atoms with Gasteiger partial charge >= 0.3 is 5.97 Å². The van der Waals surface area contributed by atoms with Gasteiger partial charge in [0.25, 0.3) is 0 Å². The topological polar surface area (TPSA) is 46.6 Å². The molecular weight excluding hydrogens is 326 g/mol. The first-order valence-electron chi connectivity index (χ1n) is 9.02. The standard InChI is InChI=1S/C22H21NO3/c1-2-26-22(25)17-14-20(21(24)16-9-4-3-5-10-16)23-18-11-7-6-8-15(18)12-13-19(17)23/h3-13,17,19-20H,2,14H2,1H3. The largest absolute Gasteiger partial charge is 0.466 e. The van der Waals surface area contributed by atoms with Crippen molar-refractivity contribution in [3.8, 4) is 0 Å². The van der Waals surface area contributed by atoms with Crippen LogP contribution in [0.2, 0.25) is 0 Å². The minimum atomic E-state index is -0.372. The van der Waals surface area contributed by atoms with Gasteiger partial charge in [-0.25, -0.2) is 0 Å². The highest BCUT2D eigenvalue weighted by atomic mass is 16.5. The first-order chi connectivity index (χ1) is 12.7. The molecular formula is C22H21NO3. The first kappa shape index (κ1) is 16.6. The maximum atomic E-state index is 13.2. The summed E-state index contributed by atoms with van der Waals surface area (Å²) < 4.78 is 5.29. The Balaban J connectivity index is 1.75.